The fourth-order valence-corrected chi connectivity index (χ4v) is 6.98. The summed E-state index contributed by atoms with van der Waals surface area (Å²) in [4.78, 5) is 37.2. The van der Waals surface area contributed by atoms with Gasteiger partial charge in [0.1, 0.15) is 12.2 Å². The van der Waals surface area contributed by atoms with E-state index in [1.165, 1.54) is 13.8 Å². The lowest BCUT2D eigenvalue weighted by Crippen LogP contribution is -2.67. The third-order valence-corrected chi connectivity index (χ3v) is 8.83. The Labute approximate surface area is 197 Å². The molecule has 0 aromatic heterocycles. The molecule has 1 spiro atoms. The molecule has 10 nitrogen and oxygen atoms in total. The third kappa shape index (κ3) is 2.85. The Morgan fingerprint density at radius 2 is 1.76 bits per heavy atom. The van der Waals surface area contributed by atoms with E-state index in [1.54, 1.807) is 26.8 Å². The van der Waals surface area contributed by atoms with Crippen LogP contribution in [0.15, 0.2) is 11.6 Å². The van der Waals surface area contributed by atoms with Crippen LogP contribution in [0.1, 0.15) is 54.4 Å². The molecule has 0 aromatic carbocycles. The molecule has 5 aliphatic rings. The highest BCUT2D eigenvalue weighted by molar-refractivity contribution is 5.89. The van der Waals surface area contributed by atoms with Crippen LogP contribution in [0.5, 0.6) is 0 Å². The first-order valence-electron chi connectivity index (χ1n) is 11.7. The lowest BCUT2D eigenvalue weighted by atomic mass is 9.53. The maximum Gasteiger partial charge on any atom is 0.342 e. The van der Waals surface area contributed by atoms with Gasteiger partial charge < -0.3 is 33.9 Å². The van der Waals surface area contributed by atoms with Crippen molar-refractivity contribution in [3.8, 4) is 0 Å². The van der Waals surface area contributed by atoms with Gasteiger partial charge in [-0.2, -0.15) is 0 Å². The number of hydrogen-bond donors (Lipinski definition) is 2. The van der Waals surface area contributed by atoms with Crippen molar-refractivity contribution in [3.63, 3.8) is 0 Å². The maximum atomic E-state index is 12.9. The lowest BCUT2D eigenvalue weighted by Gasteiger charge is -2.53. The molecule has 34 heavy (non-hydrogen) atoms. The first-order valence-corrected chi connectivity index (χ1v) is 11.7. The number of esters is 3. The van der Waals surface area contributed by atoms with E-state index in [0.717, 1.165) is 0 Å². The second-order valence-electron chi connectivity index (χ2n) is 11.0. The van der Waals surface area contributed by atoms with Crippen LogP contribution in [0.4, 0.5) is 0 Å². The molecule has 11 atom stereocenters. The fourth-order valence-electron chi connectivity index (χ4n) is 6.98. The number of rotatable bonds is 2. The van der Waals surface area contributed by atoms with Gasteiger partial charge in [0.2, 0.25) is 0 Å². The Kier molecular flexibility index (Phi) is 4.90. The predicted octanol–water partition coefficient (Wildman–Crippen LogP) is 0.558. The molecule has 5 rings (SSSR count). The number of carbonyl (C=O) groups is 3. The zero-order valence-corrected chi connectivity index (χ0v) is 20.2. The van der Waals surface area contributed by atoms with Crippen LogP contribution in [0.3, 0.4) is 0 Å². The molecule has 1 saturated carbocycles. The van der Waals surface area contributed by atoms with Crippen LogP contribution in [0.25, 0.3) is 0 Å². The summed E-state index contributed by atoms with van der Waals surface area (Å²) >= 11 is 0. The van der Waals surface area contributed by atoms with E-state index < -0.39 is 76.6 Å². The summed E-state index contributed by atoms with van der Waals surface area (Å²) in [5.41, 5.74) is -4.27. The van der Waals surface area contributed by atoms with Crippen molar-refractivity contribution in [2.24, 2.45) is 11.3 Å². The van der Waals surface area contributed by atoms with Crippen LogP contribution < -0.4 is 0 Å². The summed E-state index contributed by atoms with van der Waals surface area (Å²) in [6.07, 6.45) is -3.63. The first-order chi connectivity index (χ1) is 15.7. The van der Waals surface area contributed by atoms with Crippen molar-refractivity contribution in [2.45, 2.75) is 108 Å². The van der Waals surface area contributed by atoms with Gasteiger partial charge in [0.15, 0.2) is 17.3 Å². The number of carbonyl (C=O) groups excluding carboxylic acids is 3. The van der Waals surface area contributed by atoms with E-state index in [9.17, 15) is 24.6 Å². The number of aliphatic hydroxyl groups excluding tert-OH is 2. The van der Waals surface area contributed by atoms with Crippen LogP contribution in [0.2, 0.25) is 0 Å². The molecule has 0 amide bonds. The highest BCUT2D eigenvalue weighted by Crippen LogP contribution is 2.69. The number of hydrogen-bond acceptors (Lipinski definition) is 10. The molecule has 2 N–H and O–H groups in total. The van der Waals surface area contributed by atoms with Crippen LogP contribution in [0, 0.1) is 11.3 Å². The topological polar surface area (TPSA) is 144 Å². The second-order valence-corrected chi connectivity index (χ2v) is 11.0. The lowest BCUT2D eigenvalue weighted by molar-refractivity contribution is -0.212. The van der Waals surface area contributed by atoms with E-state index >= 15 is 0 Å². The van der Waals surface area contributed by atoms with Gasteiger partial charge in [0.05, 0.1) is 23.9 Å². The Bertz CT molecular complexity index is 992. The molecule has 10 heteroatoms. The van der Waals surface area contributed by atoms with Gasteiger partial charge in [0.25, 0.3) is 0 Å². The van der Waals surface area contributed by atoms with Gasteiger partial charge in [-0.25, -0.2) is 4.79 Å². The van der Waals surface area contributed by atoms with Gasteiger partial charge in [-0.1, -0.05) is 12.5 Å². The van der Waals surface area contributed by atoms with Gasteiger partial charge in [0, 0.05) is 38.0 Å². The average Bonchev–Trinajstić information content (AvgIpc) is 3.55. The molecule has 0 bridgehead atoms. The molecule has 188 valence electrons. The normalized spacial score (nSPS) is 54.6. The Balaban J connectivity index is 1.75. The number of fused-ring (bicyclic) bond motifs is 3. The number of aliphatic hydroxyl groups is 2. The zero-order valence-electron chi connectivity index (χ0n) is 20.2. The van der Waals surface area contributed by atoms with Crippen molar-refractivity contribution in [1.29, 1.82) is 0 Å². The van der Waals surface area contributed by atoms with E-state index in [4.69, 9.17) is 23.7 Å². The zero-order chi connectivity index (χ0) is 25.0. The molecule has 4 fully saturated rings. The maximum absolute atomic E-state index is 12.9. The molecule has 3 saturated heterocycles. The first kappa shape index (κ1) is 23.7. The molecule has 3 heterocycles. The van der Waals surface area contributed by atoms with Crippen molar-refractivity contribution < 1.29 is 48.3 Å². The van der Waals surface area contributed by atoms with Crippen molar-refractivity contribution >= 4 is 17.9 Å². The van der Waals surface area contributed by atoms with Gasteiger partial charge >= 0.3 is 17.9 Å². The summed E-state index contributed by atoms with van der Waals surface area (Å²) in [5, 5.41) is 23.1. The minimum atomic E-state index is -1.36. The van der Waals surface area contributed by atoms with E-state index in [-0.39, 0.29) is 18.9 Å². The minimum absolute atomic E-state index is 0.149. The molecule has 1 unspecified atom stereocenters. The standard InChI is InChI=1S/C24H32O10/c1-10-7-13(30-11(2)25)18(28)21(4)14(27)9-15-22(5,33-15)17(21)19(31-12(3)26)24-16(8-10)32-20(29)23(24,6)34-24/h8,13-19,27-28H,7,9H2,1-6H3/b10-8-/t13-,14+,15-,16+,17-,18+,19?,21+,22-,23+,24+/m1/s1. The summed E-state index contributed by atoms with van der Waals surface area (Å²) in [7, 11) is 0. The average molecular weight is 481 g/mol. The molecule has 0 aromatic rings. The van der Waals surface area contributed by atoms with Gasteiger partial charge in [-0.3, -0.25) is 9.59 Å². The van der Waals surface area contributed by atoms with Crippen molar-refractivity contribution in [1.82, 2.24) is 0 Å². The van der Waals surface area contributed by atoms with Gasteiger partial charge in [-0.15, -0.1) is 0 Å². The number of ether oxygens (including phenoxy) is 5. The number of epoxide rings is 2. The van der Waals surface area contributed by atoms with E-state index in [0.29, 0.717) is 5.57 Å². The van der Waals surface area contributed by atoms with Crippen LogP contribution in [-0.2, 0) is 38.1 Å². The summed E-state index contributed by atoms with van der Waals surface area (Å²) in [5.74, 6) is -2.57. The van der Waals surface area contributed by atoms with Crippen LogP contribution in [-0.4, -0.2) is 81.5 Å². The Morgan fingerprint density at radius 1 is 1.12 bits per heavy atom. The minimum Gasteiger partial charge on any atom is -0.459 e. The van der Waals surface area contributed by atoms with E-state index in [2.05, 4.69) is 0 Å². The quantitative estimate of drug-likeness (QED) is 0.249. The Hall–Kier alpha value is -2.01. The van der Waals surface area contributed by atoms with E-state index in [1.807, 2.05) is 6.92 Å². The summed E-state index contributed by atoms with van der Waals surface area (Å²) in [6, 6.07) is 0. The highest BCUT2D eigenvalue weighted by atomic mass is 16.7. The monoisotopic (exact) mass is 480 g/mol. The summed E-state index contributed by atoms with van der Waals surface area (Å²) < 4.78 is 29.3. The van der Waals surface area contributed by atoms with Crippen LogP contribution >= 0.6 is 0 Å². The largest absolute Gasteiger partial charge is 0.459 e. The predicted molar refractivity (Wildman–Crippen MR) is 113 cm³/mol. The molecule has 0 radical (unpaired) electrons. The molecular weight excluding hydrogens is 448 g/mol. The molecule has 2 aliphatic carbocycles. The van der Waals surface area contributed by atoms with Gasteiger partial charge in [-0.05, 0) is 26.8 Å². The third-order valence-electron chi connectivity index (χ3n) is 8.83. The highest BCUT2D eigenvalue weighted by Gasteiger charge is 2.89. The molecule has 3 aliphatic heterocycles. The van der Waals surface area contributed by atoms with Crippen molar-refractivity contribution in [2.75, 3.05) is 0 Å². The smallest absolute Gasteiger partial charge is 0.342 e. The van der Waals surface area contributed by atoms with Crippen molar-refractivity contribution in [3.05, 3.63) is 11.6 Å². The Morgan fingerprint density at radius 3 is 2.35 bits per heavy atom. The molecular formula is C24H32O10. The summed E-state index contributed by atoms with van der Waals surface area (Å²) in [6.45, 7) is 9.40. The SMILES string of the molecule is CC(=O)OC1[C@H]2[C@]3(C)O[C@@H]3C[C@H](O)[C@]2(C)[C@@H](O)[C@H](OC(C)=O)C/C(C)=C\[C@@H]2OC(=O)[C@]3(C)O[C@]123. The second kappa shape index (κ2) is 7.02. The fraction of sp³-hybridized carbons (Fsp3) is 0.792.